The van der Waals surface area contributed by atoms with E-state index in [1.54, 1.807) is 0 Å². The Balaban J connectivity index is 0. The first kappa shape index (κ1) is 405. The third-order valence-electron chi connectivity index (χ3n) is 0. The minimum atomic E-state index is 0. The van der Waals surface area contributed by atoms with E-state index in [0.717, 1.165) is 0 Å². The molecule has 57 radical (unpaired) electrons. The fourth-order valence-electron chi connectivity index (χ4n) is 0. The van der Waals surface area contributed by atoms with Gasteiger partial charge in [-0.2, -0.15) is 0 Å². The molecule has 0 fully saturated rings. The molecule has 0 N–H and O–H groups in total. The van der Waals surface area contributed by atoms with Crippen LogP contribution in [0.5, 0.6) is 0 Å². The summed E-state index contributed by atoms with van der Waals surface area (Å²) in [6.07, 6.45) is 0. The Morgan fingerprint density at radius 1 is 0.0175 bits per heavy atom. The summed E-state index contributed by atoms with van der Waals surface area (Å²) in [7, 11) is 0. The molecule has 0 aromatic heterocycles. The molecule has 0 aliphatic carbocycles. The zero-order valence-corrected chi connectivity index (χ0v) is 141. The van der Waals surface area contributed by atoms with Gasteiger partial charge in [-0.05, 0) is 0 Å². The third kappa shape index (κ3) is 390. The molecule has 0 spiro atoms. The second-order valence-corrected chi connectivity index (χ2v) is 0. The first-order valence-corrected chi connectivity index (χ1v) is 0. The van der Waals surface area contributed by atoms with E-state index in [2.05, 4.69) is 0 Å². The molecule has 0 saturated carbocycles. The quantitative estimate of drug-likeness (QED) is 0.321. The van der Waals surface area contributed by atoms with Crippen molar-refractivity contribution in [1.82, 2.24) is 0 Å². The van der Waals surface area contributed by atoms with Crippen LogP contribution in [-0.4, -0.2) is 0 Å². The minimum Gasteiger partial charge on any atom is 0 e. The fourth-order valence-corrected chi connectivity index (χ4v) is 0. The van der Waals surface area contributed by atoms with Crippen LogP contribution in [0.15, 0.2) is 0 Å². The first-order valence-electron chi connectivity index (χ1n) is 0. The van der Waals surface area contributed by atoms with Crippen LogP contribution >= 0.6 is 0 Å². The van der Waals surface area contributed by atoms with Crippen molar-refractivity contribution in [1.29, 1.82) is 0 Å². The average molecular weight is 9060 g/mol. The summed E-state index contributed by atoms with van der Waals surface area (Å²) in [6.45, 7) is 0. The van der Waals surface area contributed by atoms with Crippen molar-refractivity contribution >= 4 is 0 Å². The van der Waals surface area contributed by atoms with Gasteiger partial charge in [0, 0.05) is 2200 Å². The van der Waals surface area contributed by atoms with E-state index in [-0.39, 0.29) is 2200 Å². The summed E-state index contributed by atoms with van der Waals surface area (Å²) in [4.78, 5) is 0. The van der Waals surface area contributed by atoms with Crippen LogP contribution in [-0.2, 0) is 0 Å². The minimum absolute atomic E-state index is 0. The van der Waals surface area contributed by atoms with E-state index >= 15 is 0 Å². The van der Waals surface area contributed by atoms with E-state index in [1.807, 2.05) is 0 Å². The molecule has 513 valence electrons. The first-order chi connectivity index (χ1) is 0. The van der Waals surface area contributed by atoms with Gasteiger partial charge in [-0.3, -0.25) is 0 Å². The van der Waals surface area contributed by atoms with E-state index in [1.165, 1.54) is 0 Å². The van der Waals surface area contributed by atoms with E-state index < -0.39 is 0 Å². The van der Waals surface area contributed by atoms with E-state index in [0.29, 0.717) is 0 Å². The molecule has 0 nitrogen and oxygen atoms in total. The summed E-state index contributed by atoms with van der Waals surface area (Å²) in [5, 5.41) is 0. The predicted octanol–water partition coefficient (Wildman–Crippen LogP) is 0. The van der Waals surface area contributed by atoms with Crippen molar-refractivity contribution in [2.45, 2.75) is 0 Å². The zero-order chi connectivity index (χ0) is 0. The van der Waals surface area contributed by atoms with Crippen LogP contribution in [0.2, 0.25) is 0 Å². The predicted molar refractivity (Wildman–Crippen MR) is 0 cm³/mol. The summed E-state index contributed by atoms with van der Waals surface area (Å²) >= 11 is 0. The van der Waals surface area contributed by atoms with Crippen molar-refractivity contribution < 1.29 is 2200 Å². The Bertz CT molecular complexity index is 0. The van der Waals surface area contributed by atoms with Crippen LogP contribution in [0.3, 0.4) is 0 Å². The van der Waals surface area contributed by atoms with Crippen LogP contribution < -0.4 is 0 Å². The standard InChI is InChI=1S/57Tb. The van der Waals surface area contributed by atoms with Crippen LogP contribution in [0.4, 0.5) is 0 Å². The van der Waals surface area contributed by atoms with Gasteiger partial charge in [-0.15, -0.1) is 0 Å². The van der Waals surface area contributed by atoms with Gasteiger partial charge < -0.3 is 0 Å². The van der Waals surface area contributed by atoms with Crippen molar-refractivity contribution in [3.05, 3.63) is 0 Å². The molecular formula is Tb57. The molecule has 57 heteroatoms. The molecule has 0 amide bonds. The zero-order valence-electron chi connectivity index (χ0n) is 19.0. The normalized spacial score (nSPS) is 0. The van der Waals surface area contributed by atoms with Crippen molar-refractivity contribution in [3.8, 4) is 0 Å². The van der Waals surface area contributed by atoms with Crippen molar-refractivity contribution in [3.63, 3.8) is 0 Å². The van der Waals surface area contributed by atoms with Crippen LogP contribution in [0.1, 0.15) is 0 Å². The molecule has 0 aliphatic heterocycles. The Kier molecular flexibility index (Phi) is 2820. The van der Waals surface area contributed by atoms with Crippen molar-refractivity contribution in [2.75, 3.05) is 0 Å². The Labute approximate surface area is 2110 Å². The van der Waals surface area contributed by atoms with Gasteiger partial charge in [0.1, 0.15) is 0 Å². The van der Waals surface area contributed by atoms with Gasteiger partial charge >= 0.3 is 0 Å². The maximum atomic E-state index is 0. The maximum absolute atomic E-state index is 0. The van der Waals surface area contributed by atoms with E-state index in [9.17, 15) is 0 Å². The van der Waals surface area contributed by atoms with Gasteiger partial charge in [0.05, 0.1) is 0 Å². The Morgan fingerprint density at radius 3 is 0.0175 bits per heavy atom. The van der Waals surface area contributed by atoms with Crippen molar-refractivity contribution in [2.24, 2.45) is 0 Å². The number of rotatable bonds is 0. The summed E-state index contributed by atoms with van der Waals surface area (Å²) < 4.78 is 0. The van der Waals surface area contributed by atoms with Crippen LogP contribution in [0, 0.1) is 2200 Å². The Morgan fingerprint density at radius 2 is 0.0175 bits per heavy atom. The summed E-state index contributed by atoms with van der Waals surface area (Å²) in [5.74, 6) is 0. The summed E-state index contributed by atoms with van der Waals surface area (Å²) in [6, 6.07) is 0. The second-order valence-electron chi connectivity index (χ2n) is 0. The average Bonchev–Trinajstić information content (AvgIpc) is 0. The molecule has 0 rings (SSSR count). The fraction of sp³-hybridized carbons (Fsp3) is 0. The molecule has 0 aromatic rings. The molecule has 0 aromatic carbocycles. The third-order valence-corrected chi connectivity index (χ3v) is 0. The molecular weight excluding hydrogens is 9060 g/mol. The molecule has 0 aliphatic rings. The SMILES string of the molecule is [Tb].[Tb].[Tb].[Tb].[Tb].[Tb].[Tb].[Tb].[Tb].[Tb].[Tb].[Tb].[Tb].[Tb].[Tb].[Tb].[Tb].[Tb].[Tb].[Tb].[Tb].[Tb].[Tb].[Tb].[Tb].[Tb].[Tb].[Tb].[Tb].[Tb].[Tb].[Tb].[Tb].[Tb].[Tb].[Tb].[Tb].[Tb].[Tb].[Tb].[Tb].[Tb].[Tb].[Tb].[Tb].[Tb].[Tb].[Tb].[Tb].[Tb].[Tb].[Tb].[Tb].[Tb].[Tb].[Tb].[Tb]. The van der Waals surface area contributed by atoms with E-state index in [4.69, 9.17) is 0 Å². The molecule has 0 unspecified atom stereocenters. The second kappa shape index (κ2) is 396. The van der Waals surface area contributed by atoms with Gasteiger partial charge in [0.25, 0.3) is 0 Å². The molecule has 0 saturated heterocycles. The molecule has 0 heterocycles. The molecule has 0 bridgehead atoms. The van der Waals surface area contributed by atoms with Gasteiger partial charge in [0.15, 0.2) is 0 Å². The summed E-state index contributed by atoms with van der Waals surface area (Å²) in [5.41, 5.74) is 0. The number of hydrogen-bond acceptors (Lipinski definition) is 0. The van der Waals surface area contributed by atoms with Gasteiger partial charge in [0.2, 0.25) is 0 Å². The number of hydrogen-bond donors (Lipinski definition) is 0. The largest absolute Gasteiger partial charge is 0 e. The molecule has 57 heavy (non-hydrogen) atoms. The monoisotopic (exact) mass is 9060 g/mol. The smallest absolute Gasteiger partial charge is 0 e. The van der Waals surface area contributed by atoms with Gasteiger partial charge in [-0.1, -0.05) is 0 Å². The van der Waals surface area contributed by atoms with Crippen LogP contribution in [0.25, 0.3) is 0 Å². The Hall–Kier alpha value is 73.3. The molecule has 0 atom stereocenters. The topological polar surface area (TPSA) is 0 Å². The van der Waals surface area contributed by atoms with Gasteiger partial charge in [-0.25, -0.2) is 0 Å². The maximum Gasteiger partial charge on any atom is 0 e.